The number of carbonyl (C=O) groups is 1. The molecule has 0 radical (unpaired) electrons. The second-order valence-electron chi connectivity index (χ2n) is 5.49. The van der Waals surface area contributed by atoms with E-state index >= 15 is 0 Å². The number of carbonyl (C=O) groups excluding carboxylic acids is 1. The first-order valence-corrected chi connectivity index (χ1v) is 7.95. The van der Waals surface area contributed by atoms with Crippen LogP contribution in [0.4, 0.5) is 5.69 Å². The molecule has 7 heteroatoms. The van der Waals surface area contributed by atoms with Crippen molar-refractivity contribution in [2.45, 2.75) is 38.1 Å². The van der Waals surface area contributed by atoms with Gasteiger partial charge in [-0.15, -0.1) is 10.2 Å². The normalized spacial score (nSPS) is 15.1. The molecule has 2 aromatic rings. The number of nitrogens with one attached hydrogen (secondary N) is 1. The van der Waals surface area contributed by atoms with Crippen LogP contribution in [0.2, 0.25) is 5.02 Å². The first kappa shape index (κ1) is 15.5. The number of aryl methyl sites for hydroxylation is 1. The first-order chi connectivity index (χ1) is 11.2. The van der Waals surface area contributed by atoms with E-state index in [1.807, 2.05) is 10.6 Å². The summed E-state index contributed by atoms with van der Waals surface area (Å²) >= 11 is 5.83. The average Bonchev–Trinajstić information content (AvgIpc) is 2.79. The van der Waals surface area contributed by atoms with Crippen LogP contribution in [0.1, 0.15) is 36.8 Å². The number of rotatable bonds is 3. The standard InChI is InChI=1S/C16H16ClN5O/c17-11-5-7-12(8-6-11)19-16(23)13(10-18)15-21-20-14-4-2-1-3-9-22(14)15/h5-8,13H,1-4,9H2,(H,19,23). The van der Waals surface area contributed by atoms with E-state index in [9.17, 15) is 10.1 Å². The monoisotopic (exact) mass is 329 g/mol. The molecule has 1 amide bonds. The number of anilines is 1. The van der Waals surface area contributed by atoms with Gasteiger partial charge in [0, 0.05) is 23.7 Å². The highest BCUT2D eigenvalue weighted by atomic mass is 35.5. The average molecular weight is 330 g/mol. The van der Waals surface area contributed by atoms with E-state index in [0.717, 1.165) is 38.1 Å². The van der Waals surface area contributed by atoms with Gasteiger partial charge >= 0.3 is 0 Å². The minimum atomic E-state index is -0.981. The predicted octanol–water partition coefficient (Wildman–Crippen LogP) is 2.90. The molecule has 1 atom stereocenters. The molecule has 1 aliphatic heterocycles. The van der Waals surface area contributed by atoms with E-state index < -0.39 is 11.8 Å². The molecule has 0 fully saturated rings. The van der Waals surface area contributed by atoms with Crippen molar-refractivity contribution in [2.24, 2.45) is 0 Å². The summed E-state index contributed by atoms with van der Waals surface area (Å²) < 4.78 is 1.92. The number of fused-ring (bicyclic) bond motifs is 1. The SMILES string of the molecule is N#CC(C(=O)Nc1ccc(Cl)cc1)c1nnc2n1CCCCC2. The Balaban J connectivity index is 1.82. The van der Waals surface area contributed by atoms with E-state index in [4.69, 9.17) is 11.6 Å². The number of aromatic nitrogens is 3. The second-order valence-corrected chi connectivity index (χ2v) is 5.93. The van der Waals surface area contributed by atoms with Crippen molar-refractivity contribution < 1.29 is 4.79 Å². The maximum absolute atomic E-state index is 12.5. The molecule has 1 aliphatic rings. The van der Waals surface area contributed by atoms with E-state index in [2.05, 4.69) is 15.5 Å². The topological polar surface area (TPSA) is 83.6 Å². The third-order valence-electron chi connectivity index (χ3n) is 3.90. The molecule has 1 unspecified atom stereocenters. The Morgan fingerprint density at radius 2 is 2.04 bits per heavy atom. The number of halogens is 1. The lowest BCUT2D eigenvalue weighted by Crippen LogP contribution is -2.23. The van der Waals surface area contributed by atoms with Crippen molar-refractivity contribution >= 4 is 23.2 Å². The largest absolute Gasteiger partial charge is 0.325 e. The number of hydrogen-bond acceptors (Lipinski definition) is 4. The minimum Gasteiger partial charge on any atom is -0.325 e. The summed E-state index contributed by atoms with van der Waals surface area (Å²) in [5.74, 6) is -0.104. The third kappa shape index (κ3) is 3.35. The van der Waals surface area contributed by atoms with E-state index in [1.54, 1.807) is 24.3 Å². The molecule has 0 saturated heterocycles. The maximum atomic E-state index is 12.5. The highest BCUT2D eigenvalue weighted by molar-refractivity contribution is 6.30. The van der Waals surface area contributed by atoms with Gasteiger partial charge in [0.15, 0.2) is 11.7 Å². The molecule has 2 heterocycles. The molecule has 0 aliphatic carbocycles. The van der Waals surface area contributed by atoms with Gasteiger partial charge in [-0.2, -0.15) is 5.26 Å². The summed E-state index contributed by atoms with van der Waals surface area (Å²) in [5.41, 5.74) is 0.593. The molecule has 3 rings (SSSR count). The molecule has 1 N–H and O–H groups in total. The summed E-state index contributed by atoms with van der Waals surface area (Å²) in [7, 11) is 0. The molecule has 1 aromatic carbocycles. The highest BCUT2D eigenvalue weighted by Crippen LogP contribution is 2.22. The zero-order valence-corrected chi connectivity index (χ0v) is 13.3. The summed E-state index contributed by atoms with van der Waals surface area (Å²) in [5, 5.41) is 21.0. The van der Waals surface area contributed by atoms with Crippen LogP contribution in [0.25, 0.3) is 0 Å². The first-order valence-electron chi connectivity index (χ1n) is 7.57. The molecule has 1 aromatic heterocycles. The third-order valence-corrected chi connectivity index (χ3v) is 4.15. The van der Waals surface area contributed by atoms with Crippen LogP contribution in [0.3, 0.4) is 0 Å². The fourth-order valence-corrected chi connectivity index (χ4v) is 2.83. The van der Waals surface area contributed by atoms with Gasteiger partial charge in [0.25, 0.3) is 0 Å². The van der Waals surface area contributed by atoms with Crippen LogP contribution in [0, 0.1) is 11.3 Å². The Hall–Kier alpha value is -2.39. The zero-order valence-electron chi connectivity index (χ0n) is 12.5. The number of benzene rings is 1. The highest BCUT2D eigenvalue weighted by Gasteiger charge is 2.28. The van der Waals surface area contributed by atoms with Crippen molar-refractivity contribution in [2.75, 3.05) is 5.32 Å². The lowest BCUT2D eigenvalue weighted by molar-refractivity contribution is -0.116. The van der Waals surface area contributed by atoms with Crippen LogP contribution < -0.4 is 5.32 Å². The molecular formula is C16H16ClN5O. The lowest BCUT2D eigenvalue weighted by Gasteiger charge is -2.12. The molecule has 0 spiro atoms. The van der Waals surface area contributed by atoms with Crippen LogP contribution >= 0.6 is 11.6 Å². The number of nitrogens with zero attached hydrogens (tertiary/aromatic N) is 4. The number of amides is 1. The summed E-state index contributed by atoms with van der Waals surface area (Å²) in [6, 6.07) is 8.80. The molecule has 23 heavy (non-hydrogen) atoms. The predicted molar refractivity (Wildman–Crippen MR) is 86.0 cm³/mol. The van der Waals surface area contributed by atoms with Crippen LogP contribution in [0.15, 0.2) is 24.3 Å². The molecule has 0 saturated carbocycles. The Bertz CT molecular complexity index is 747. The van der Waals surface area contributed by atoms with E-state index in [1.165, 1.54) is 0 Å². The van der Waals surface area contributed by atoms with Gasteiger partial charge in [-0.1, -0.05) is 18.0 Å². The van der Waals surface area contributed by atoms with Crippen molar-refractivity contribution in [3.05, 3.63) is 40.9 Å². The van der Waals surface area contributed by atoms with Crippen molar-refractivity contribution in [1.29, 1.82) is 5.26 Å². The Labute approximate surface area is 139 Å². The molecule has 118 valence electrons. The van der Waals surface area contributed by atoms with Gasteiger partial charge in [-0.05, 0) is 37.1 Å². The van der Waals surface area contributed by atoms with Gasteiger partial charge in [0.2, 0.25) is 5.91 Å². The van der Waals surface area contributed by atoms with E-state index in [-0.39, 0.29) is 0 Å². The zero-order chi connectivity index (χ0) is 16.2. The van der Waals surface area contributed by atoms with Gasteiger partial charge in [0.05, 0.1) is 6.07 Å². The maximum Gasteiger partial charge on any atom is 0.249 e. The fraction of sp³-hybridized carbons (Fsp3) is 0.375. The van der Waals surface area contributed by atoms with Crippen LogP contribution in [-0.4, -0.2) is 20.7 Å². The van der Waals surface area contributed by atoms with Crippen molar-refractivity contribution in [1.82, 2.24) is 14.8 Å². The Morgan fingerprint density at radius 1 is 1.26 bits per heavy atom. The van der Waals surface area contributed by atoms with E-state index in [0.29, 0.717) is 16.5 Å². The summed E-state index contributed by atoms with van der Waals surface area (Å²) in [6.07, 6.45) is 4.03. The van der Waals surface area contributed by atoms with Crippen LogP contribution in [-0.2, 0) is 17.8 Å². The van der Waals surface area contributed by atoms with Gasteiger partial charge in [-0.25, -0.2) is 0 Å². The molecular weight excluding hydrogens is 314 g/mol. The molecule has 6 nitrogen and oxygen atoms in total. The smallest absolute Gasteiger partial charge is 0.249 e. The minimum absolute atomic E-state index is 0.408. The quantitative estimate of drug-likeness (QED) is 0.938. The van der Waals surface area contributed by atoms with Gasteiger partial charge in [-0.3, -0.25) is 4.79 Å². The summed E-state index contributed by atoms with van der Waals surface area (Å²) in [4.78, 5) is 12.5. The Kier molecular flexibility index (Phi) is 4.58. The molecule has 0 bridgehead atoms. The van der Waals surface area contributed by atoms with Gasteiger partial charge < -0.3 is 9.88 Å². The van der Waals surface area contributed by atoms with Gasteiger partial charge in [0.1, 0.15) is 5.82 Å². The van der Waals surface area contributed by atoms with Crippen LogP contribution in [0.5, 0.6) is 0 Å². The number of nitriles is 1. The second kappa shape index (κ2) is 6.80. The Morgan fingerprint density at radius 3 is 2.78 bits per heavy atom. The fourth-order valence-electron chi connectivity index (χ4n) is 2.70. The summed E-state index contributed by atoms with van der Waals surface area (Å²) in [6.45, 7) is 0.754. The van der Waals surface area contributed by atoms with Crippen molar-refractivity contribution in [3.8, 4) is 6.07 Å². The van der Waals surface area contributed by atoms with Crippen molar-refractivity contribution in [3.63, 3.8) is 0 Å². The lowest BCUT2D eigenvalue weighted by atomic mass is 10.1. The number of hydrogen-bond donors (Lipinski definition) is 1.